The number of aliphatic hydroxyl groups excluding tert-OH is 1. The largest absolute Gasteiger partial charge is 0.458 e. The molecule has 0 unspecified atom stereocenters. The molecular formula is C23H33NO6. The average Bonchev–Trinajstić information content (AvgIpc) is 3.23. The molecule has 4 N–H and O–H groups in total. The van der Waals surface area contributed by atoms with Crippen LogP contribution in [0.5, 0.6) is 0 Å². The van der Waals surface area contributed by atoms with E-state index in [0.717, 1.165) is 24.8 Å². The summed E-state index contributed by atoms with van der Waals surface area (Å²) < 4.78 is 5.17. The standard InChI is InChI=1S/C23H33NO6/c1-20-6-3-17-18(23(20,28)9-5-16(20)14-10-19(26)30-12-14)4-8-22(27)11-15(25)2-7-21(17,22)13-24-29/h10,13,15-18,25,27-29H,2-9,11-12H2,1H3/b24-13-/t15-,16+,17-,18+,20-,21+,22+,23+/m1/s1. The maximum Gasteiger partial charge on any atom is 0.331 e. The molecular weight excluding hydrogens is 386 g/mol. The number of rotatable bonds is 2. The zero-order valence-corrected chi connectivity index (χ0v) is 17.6. The molecule has 30 heavy (non-hydrogen) atoms. The van der Waals surface area contributed by atoms with E-state index in [0.29, 0.717) is 38.7 Å². The maximum atomic E-state index is 12.2. The molecule has 7 nitrogen and oxygen atoms in total. The van der Waals surface area contributed by atoms with Gasteiger partial charge < -0.3 is 25.3 Å². The fourth-order valence-corrected chi connectivity index (χ4v) is 8.46. The predicted molar refractivity (Wildman–Crippen MR) is 108 cm³/mol. The second-order valence-electron chi connectivity index (χ2n) is 10.8. The van der Waals surface area contributed by atoms with Gasteiger partial charge >= 0.3 is 5.97 Å². The lowest BCUT2D eigenvalue weighted by Crippen LogP contribution is -2.68. The summed E-state index contributed by atoms with van der Waals surface area (Å²) in [6.07, 6.45) is 8.20. The molecule has 5 aliphatic rings. The van der Waals surface area contributed by atoms with E-state index in [1.807, 2.05) is 0 Å². The van der Waals surface area contributed by atoms with Gasteiger partial charge in [0.2, 0.25) is 0 Å². The molecule has 166 valence electrons. The van der Waals surface area contributed by atoms with Crippen molar-refractivity contribution in [3.8, 4) is 0 Å². The Morgan fingerprint density at radius 2 is 1.87 bits per heavy atom. The van der Waals surface area contributed by atoms with Gasteiger partial charge in [-0.05, 0) is 74.7 Å². The minimum absolute atomic E-state index is 0.00749. The van der Waals surface area contributed by atoms with Gasteiger partial charge in [0.15, 0.2) is 0 Å². The number of carbonyl (C=O) groups excluding carboxylic acids is 1. The van der Waals surface area contributed by atoms with Crippen molar-refractivity contribution in [1.29, 1.82) is 0 Å². The summed E-state index contributed by atoms with van der Waals surface area (Å²) in [5.74, 6) is -0.203. The predicted octanol–water partition coefficient (Wildman–Crippen LogP) is 2.16. The van der Waals surface area contributed by atoms with Crippen molar-refractivity contribution in [2.45, 2.75) is 82.0 Å². The minimum Gasteiger partial charge on any atom is -0.458 e. The maximum absolute atomic E-state index is 12.2. The van der Waals surface area contributed by atoms with Gasteiger partial charge in [0.1, 0.15) is 6.61 Å². The molecule has 4 aliphatic carbocycles. The molecule has 5 rings (SSSR count). The molecule has 0 aromatic heterocycles. The molecule has 1 aliphatic heterocycles. The first-order valence-electron chi connectivity index (χ1n) is 11.4. The lowest BCUT2D eigenvalue weighted by molar-refractivity contribution is -0.237. The highest BCUT2D eigenvalue weighted by Crippen LogP contribution is 2.70. The molecule has 0 saturated heterocycles. The lowest BCUT2D eigenvalue weighted by atomic mass is 9.41. The van der Waals surface area contributed by atoms with Crippen LogP contribution in [0.1, 0.15) is 64.7 Å². The van der Waals surface area contributed by atoms with Gasteiger partial charge in [-0.25, -0.2) is 4.79 Å². The van der Waals surface area contributed by atoms with Crippen LogP contribution in [0.15, 0.2) is 16.8 Å². The molecule has 8 atom stereocenters. The van der Waals surface area contributed by atoms with E-state index >= 15 is 0 Å². The Morgan fingerprint density at radius 1 is 1.10 bits per heavy atom. The number of esters is 1. The summed E-state index contributed by atoms with van der Waals surface area (Å²) in [5, 5.41) is 47.0. The second-order valence-corrected chi connectivity index (χ2v) is 10.8. The van der Waals surface area contributed by atoms with Crippen LogP contribution in [0.4, 0.5) is 0 Å². The van der Waals surface area contributed by atoms with Crippen molar-refractivity contribution in [1.82, 2.24) is 0 Å². The van der Waals surface area contributed by atoms with E-state index < -0.39 is 22.7 Å². The molecule has 4 fully saturated rings. The number of hydrogen-bond donors (Lipinski definition) is 4. The number of ether oxygens (including phenoxy) is 1. The Morgan fingerprint density at radius 3 is 2.57 bits per heavy atom. The first-order valence-corrected chi connectivity index (χ1v) is 11.4. The molecule has 0 amide bonds. The van der Waals surface area contributed by atoms with Crippen LogP contribution < -0.4 is 0 Å². The van der Waals surface area contributed by atoms with Crippen molar-refractivity contribution < 1.29 is 30.1 Å². The van der Waals surface area contributed by atoms with Gasteiger partial charge in [0, 0.05) is 23.3 Å². The van der Waals surface area contributed by atoms with Crippen LogP contribution in [0.2, 0.25) is 0 Å². The average molecular weight is 420 g/mol. The Bertz CT molecular complexity index is 812. The van der Waals surface area contributed by atoms with Crippen molar-refractivity contribution in [2.24, 2.45) is 33.7 Å². The fraction of sp³-hybridized carbons (Fsp3) is 0.826. The molecule has 1 heterocycles. The summed E-state index contributed by atoms with van der Waals surface area (Å²) in [6, 6.07) is 0. The molecule has 0 bridgehead atoms. The molecule has 4 saturated carbocycles. The number of hydrogen-bond acceptors (Lipinski definition) is 7. The number of carbonyl (C=O) groups is 1. The van der Waals surface area contributed by atoms with E-state index in [1.165, 1.54) is 6.21 Å². The Balaban J connectivity index is 1.53. The fourth-order valence-electron chi connectivity index (χ4n) is 8.46. The first kappa shape index (κ1) is 20.5. The van der Waals surface area contributed by atoms with Crippen LogP contribution in [0.25, 0.3) is 0 Å². The molecule has 0 aromatic rings. The summed E-state index contributed by atoms with van der Waals surface area (Å²) in [7, 11) is 0. The quantitative estimate of drug-likeness (QED) is 0.236. The van der Waals surface area contributed by atoms with E-state index in [9.17, 15) is 25.3 Å². The van der Waals surface area contributed by atoms with E-state index in [1.54, 1.807) is 6.08 Å². The number of aliphatic hydroxyl groups is 3. The molecule has 7 heteroatoms. The van der Waals surface area contributed by atoms with Gasteiger partial charge in [-0.2, -0.15) is 0 Å². The lowest BCUT2D eigenvalue weighted by Gasteiger charge is -2.65. The smallest absolute Gasteiger partial charge is 0.331 e. The van der Waals surface area contributed by atoms with E-state index in [4.69, 9.17) is 4.74 Å². The Labute approximate surface area is 176 Å². The molecule has 0 aromatic carbocycles. The third kappa shape index (κ3) is 2.43. The summed E-state index contributed by atoms with van der Waals surface area (Å²) in [6.45, 7) is 2.48. The number of nitrogens with zero attached hydrogens (tertiary/aromatic N) is 1. The third-order valence-electron chi connectivity index (χ3n) is 9.93. The number of cyclic esters (lactones) is 1. The van der Waals surface area contributed by atoms with Gasteiger partial charge in [0.25, 0.3) is 0 Å². The van der Waals surface area contributed by atoms with E-state index in [-0.39, 0.29) is 35.6 Å². The van der Waals surface area contributed by atoms with Crippen LogP contribution in [0.3, 0.4) is 0 Å². The Hall–Kier alpha value is -1.44. The van der Waals surface area contributed by atoms with Crippen molar-refractivity contribution in [2.75, 3.05) is 6.61 Å². The Kier molecular flexibility index (Phi) is 4.45. The van der Waals surface area contributed by atoms with Gasteiger partial charge in [-0.3, -0.25) is 0 Å². The summed E-state index contributed by atoms with van der Waals surface area (Å²) in [4.78, 5) is 11.7. The van der Waals surface area contributed by atoms with Crippen molar-refractivity contribution in [3.05, 3.63) is 11.6 Å². The number of fused-ring (bicyclic) bond motifs is 5. The molecule has 0 spiro atoms. The van der Waals surface area contributed by atoms with Crippen molar-refractivity contribution >= 4 is 12.2 Å². The van der Waals surface area contributed by atoms with Gasteiger partial charge in [-0.1, -0.05) is 6.92 Å². The van der Waals surface area contributed by atoms with Gasteiger partial charge in [0.05, 0.1) is 23.5 Å². The van der Waals surface area contributed by atoms with Crippen molar-refractivity contribution in [3.63, 3.8) is 0 Å². The summed E-state index contributed by atoms with van der Waals surface area (Å²) >= 11 is 0. The second kappa shape index (κ2) is 6.53. The highest BCUT2D eigenvalue weighted by Gasteiger charge is 2.71. The molecule has 0 radical (unpaired) electrons. The number of oxime groups is 1. The van der Waals surface area contributed by atoms with Gasteiger partial charge in [-0.15, -0.1) is 5.16 Å². The van der Waals surface area contributed by atoms with E-state index in [2.05, 4.69) is 12.1 Å². The summed E-state index contributed by atoms with van der Waals surface area (Å²) in [5.41, 5.74) is -2.11. The SMILES string of the molecule is C[C@]12CC[C@@H]3[C@H](CC[C@]4(O)C[C@H](O)CC[C@]34/C=N\O)[C@@]1(O)CC[C@H]2C1=CC(=O)OC1. The third-order valence-corrected chi connectivity index (χ3v) is 9.93. The monoisotopic (exact) mass is 419 g/mol. The van der Waals surface area contributed by atoms with Crippen LogP contribution >= 0.6 is 0 Å². The topological polar surface area (TPSA) is 120 Å². The first-order chi connectivity index (χ1) is 14.2. The highest BCUT2D eigenvalue weighted by molar-refractivity contribution is 5.85. The normalized spacial score (nSPS) is 53.1. The van der Waals surface area contributed by atoms with Crippen LogP contribution in [-0.2, 0) is 9.53 Å². The van der Waals surface area contributed by atoms with Crippen LogP contribution in [0, 0.1) is 28.6 Å². The van der Waals surface area contributed by atoms with Crippen LogP contribution in [-0.4, -0.2) is 56.6 Å². The zero-order chi connectivity index (χ0) is 21.4. The minimum atomic E-state index is -1.12. The zero-order valence-electron chi connectivity index (χ0n) is 17.6. The highest BCUT2D eigenvalue weighted by atomic mass is 16.5.